The molecule has 0 radical (unpaired) electrons. The Kier molecular flexibility index (Phi) is 5.90. The molecule has 0 aromatic carbocycles. The summed E-state index contributed by atoms with van der Waals surface area (Å²) in [6.45, 7) is 7.80. The van der Waals surface area contributed by atoms with Gasteiger partial charge >= 0.3 is 0 Å². The van der Waals surface area contributed by atoms with E-state index in [9.17, 15) is 4.79 Å². The Hall–Kier alpha value is -1.12. The number of hydrogen-bond donors (Lipinski definition) is 2. The summed E-state index contributed by atoms with van der Waals surface area (Å²) < 4.78 is 0. The van der Waals surface area contributed by atoms with Crippen molar-refractivity contribution < 1.29 is 4.79 Å². The molecule has 0 rings (SSSR count). The van der Waals surface area contributed by atoms with Crippen molar-refractivity contribution in [2.75, 3.05) is 19.6 Å². The second-order valence-corrected chi connectivity index (χ2v) is 4.13. The van der Waals surface area contributed by atoms with E-state index in [0.29, 0.717) is 19.5 Å². The quantitative estimate of drug-likeness (QED) is 0.375. The molecular weight excluding hydrogens is 192 g/mol. The molecule has 5 heteroatoms. The molecular formula is C10H20N4O. The summed E-state index contributed by atoms with van der Waals surface area (Å²) in [6.07, 6.45) is 0.480. The molecule has 0 aromatic rings. The van der Waals surface area contributed by atoms with Crippen molar-refractivity contribution >= 4 is 5.91 Å². The Morgan fingerprint density at radius 3 is 2.60 bits per heavy atom. The largest absolute Gasteiger partial charge is 0.302 e. The van der Waals surface area contributed by atoms with Crippen molar-refractivity contribution in [3.8, 4) is 6.07 Å². The monoisotopic (exact) mass is 212 g/mol. The highest BCUT2D eigenvalue weighted by molar-refractivity contribution is 5.81. The van der Waals surface area contributed by atoms with Crippen molar-refractivity contribution in [1.29, 1.82) is 5.26 Å². The van der Waals surface area contributed by atoms with E-state index in [-0.39, 0.29) is 5.91 Å². The molecule has 86 valence electrons. The Balaban J connectivity index is 4.27. The number of carbonyl (C=O) groups is 1. The van der Waals surface area contributed by atoms with Gasteiger partial charge in [0.1, 0.15) is 0 Å². The van der Waals surface area contributed by atoms with Gasteiger partial charge in [0.2, 0.25) is 5.91 Å². The molecule has 0 atom stereocenters. The summed E-state index contributed by atoms with van der Waals surface area (Å²) in [7, 11) is 0. The van der Waals surface area contributed by atoms with E-state index < -0.39 is 5.41 Å². The topological polar surface area (TPSA) is 82.2 Å². The average Bonchev–Trinajstić information content (AvgIpc) is 2.22. The van der Waals surface area contributed by atoms with Crippen LogP contribution in [-0.2, 0) is 4.79 Å². The molecule has 0 aliphatic heterocycles. The lowest BCUT2D eigenvalue weighted by atomic mass is 9.91. The Bertz CT molecular complexity index is 244. The zero-order valence-electron chi connectivity index (χ0n) is 9.71. The first kappa shape index (κ1) is 13.9. The number of nitrogens with zero attached hydrogens (tertiary/aromatic N) is 2. The number of amides is 1. The van der Waals surface area contributed by atoms with Crippen LogP contribution < -0.4 is 11.3 Å². The molecule has 0 bridgehead atoms. The van der Waals surface area contributed by atoms with Crippen molar-refractivity contribution in [3.63, 3.8) is 0 Å². The first-order chi connectivity index (χ1) is 6.97. The molecule has 0 fully saturated rings. The third-order valence-corrected chi connectivity index (χ3v) is 2.35. The van der Waals surface area contributed by atoms with Gasteiger partial charge in [0, 0.05) is 19.5 Å². The first-order valence-corrected chi connectivity index (χ1v) is 5.08. The second kappa shape index (κ2) is 6.38. The molecule has 1 amide bonds. The lowest BCUT2D eigenvalue weighted by molar-refractivity contribution is -0.130. The SMILES string of the molecule is CCN(CCC#N)CC(C)(C)C(=O)NN. The minimum atomic E-state index is -0.528. The first-order valence-electron chi connectivity index (χ1n) is 5.08. The second-order valence-electron chi connectivity index (χ2n) is 4.13. The molecule has 0 spiro atoms. The highest BCUT2D eigenvalue weighted by Gasteiger charge is 2.28. The van der Waals surface area contributed by atoms with E-state index in [1.54, 1.807) is 0 Å². The standard InChI is InChI=1S/C10H20N4O/c1-4-14(7-5-6-11)8-10(2,3)9(15)13-12/h4-5,7-8,12H2,1-3H3,(H,13,15). The van der Waals surface area contributed by atoms with Crippen molar-refractivity contribution in [2.24, 2.45) is 11.3 Å². The van der Waals surface area contributed by atoms with Crippen LogP contribution in [0.4, 0.5) is 0 Å². The van der Waals surface area contributed by atoms with Crippen LogP contribution in [-0.4, -0.2) is 30.4 Å². The van der Waals surface area contributed by atoms with Crippen LogP contribution in [0.3, 0.4) is 0 Å². The lowest BCUT2D eigenvalue weighted by Crippen LogP contribution is -2.47. The van der Waals surface area contributed by atoms with Gasteiger partial charge in [-0.05, 0) is 20.4 Å². The van der Waals surface area contributed by atoms with Crippen molar-refractivity contribution in [2.45, 2.75) is 27.2 Å². The van der Waals surface area contributed by atoms with E-state index in [2.05, 4.69) is 16.4 Å². The van der Waals surface area contributed by atoms with Gasteiger partial charge in [-0.2, -0.15) is 5.26 Å². The highest BCUT2D eigenvalue weighted by atomic mass is 16.2. The van der Waals surface area contributed by atoms with Gasteiger partial charge < -0.3 is 4.90 Å². The van der Waals surface area contributed by atoms with Gasteiger partial charge in [-0.3, -0.25) is 10.2 Å². The summed E-state index contributed by atoms with van der Waals surface area (Å²) in [5.74, 6) is 4.92. The van der Waals surface area contributed by atoms with Crippen LogP contribution in [0.15, 0.2) is 0 Å². The summed E-state index contributed by atoms with van der Waals surface area (Å²) in [5.41, 5.74) is 1.63. The number of hydrazine groups is 1. The molecule has 0 aliphatic carbocycles. The van der Waals surface area contributed by atoms with Crippen LogP contribution in [0.2, 0.25) is 0 Å². The molecule has 5 nitrogen and oxygen atoms in total. The molecule has 0 saturated heterocycles. The smallest absolute Gasteiger partial charge is 0.240 e. The van der Waals surface area contributed by atoms with Gasteiger partial charge in [0.05, 0.1) is 11.5 Å². The van der Waals surface area contributed by atoms with Crippen molar-refractivity contribution in [1.82, 2.24) is 10.3 Å². The number of nitrogens with two attached hydrogens (primary N) is 1. The maximum absolute atomic E-state index is 11.4. The zero-order valence-corrected chi connectivity index (χ0v) is 9.71. The molecule has 0 unspecified atom stereocenters. The van der Waals surface area contributed by atoms with E-state index >= 15 is 0 Å². The van der Waals surface area contributed by atoms with Gasteiger partial charge in [-0.25, -0.2) is 5.84 Å². The fraction of sp³-hybridized carbons (Fsp3) is 0.800. The molecule has 0 saturated carbocycles. The molecule has 0 heterocycles. The number of hydrogen-bond acceptors (Lipinski definition) is 4. The Labute approximate surface area is 91.2 Å². The molecule has 15 heavy (non-hydrogen) atoms. The van der Waals surface area contributed by atoms with E-state index in [4.69, 9.17) is 11.1 Å². The van der Waals surface area contributed by atoms with Gasteiger partial charge in [0.15, 0.2) is 0 Å². The minimum Gasteiger partial charge on any atom is -0.302 e. The highest BCUT2D eigenvalue weighted by Crippen LogP contribution is 2.16. The van der Waals surface area contributed by atoms with Crippen LogP contribution in [0.5, 0.6) is 0 Å². The fourth-order valence-electron chi connectivity index (χ4n) is 1.38. The van der Waals surface area contributed by atoms with Gasteiger partial charge in [-0.15, -0.1) is 0 Å². The van der Waals surface area contributed by atoms with Crippen LogP contribution in [0.1, 0.15) is 27.2 Å². The van der Waals surface area contributed by atoms with E-state index in [1.807, 2.05) is 20.8 Å². The average molecular weight is 212 g/mol. The molecule has 3 N–H and O–H groups in total. The molecule has 0 aromatic heterocycles. The van der Waals surface area contributed by atoms with Gasteiger partial charge in [-0.1, -0.05) is 6.92 Å². The van der Waals surface area contributed by atoms with Crippen LogP contribution in [0, 0.1) is 16.7 Å². The predicted molar refractivity (Wildman–Crippen MR) is 58.5 cm³/mol. The lowest BCUT2D eigenvalue weighted by Gasteiger charge is -2.29. The van der Waals surface area contributed by atoms with Crippen LogP contribution in [0.25, 0.3) is 0 Å². The molecule has 0 aliphatic rings. The summed E-state index contributed by atoms with van der Waals surface area (Å²) >= 11 is 0. The van der Waals surface area contributed by atoms with E-state index in [1.165, 1.54) is 0 Å². The van der Waals surface area contributed by atoms with E-state index in [0.717, 1.165) is 6.54 Å². The van der Waals surface area contributed by atoms with Crippen LogP contribution >= 0.6 is 0 Å². The van der Waals surface area contributed by atoms with Crippen molar-refractivity contribution in [3.05, 3.63) is 0 Å². The zero-order chi connectivity index (χ0) is 11.9. The Morgan fingerprint density at radius 2 is 2.20 bits per heavy atom. The maximum Gasteiger partial charge on any atom is 0.240 e. The number of nitrogens with one attached hydrogen (secondary N) is 1. The Morgan fingerprint density at radius 1 is 1.60 bits per heavy atom. The fourth-order valence-corrected chi connectivity index (χ4v) is 1.38. The number of carbonyl (C=O) groups excluding carboxylic acids is 1. The normalized spacial score (nSPS) is 11.2. The predicted octanol–water partition coefficient (Wildman–Crippen LogP) is 0.238. The summed E-state index contributed by atoms with van der Waals surface area (Å²) in [6, 6.07) is 2.09. The minimum absolute atomic E-state index is 0.182. The van der Waals surface area contributed by atoms with Gasteiger partial charge in [0.25, 0.3) is 0 Å². The number of rotatable bonds is 6. The number of nitriles is 1. The summed E-state index contributed by atoms with van der Waals surface area (Å²) in [5, 5.41) is 8.49. The summed E-state index contributed by atoms with van der Waals surface area (Å²) in [4.78, 5) is 13.5. The maximum atomic E-state index is 11.4. The third kappa shape index (κ3) is 4.77. The third-order valence-electron chi connectivity index (χ3n) is 2.35.